The smallest absolute Gasteiger partial charge is 0.388 e. The van der Waals surface area contributed by atoms with E-state index in [1.165, 1.54) is 6.07 Å². The highest BCUT2D eigenvalue weighted by Crippen LogP contribution is 2.32. The molecule has 20 heavy (non-hydrogen) atoms. The van der Waals surface area contributed by atoms with Crippen molar-refractivity contribution < 1.29 is 18.3 Å². The zero-order valence-corrected chi connectivity index (χ0v) is 10.9. The maximum absolute atomic E-state index is 12.6. The van der Waals surface area contributed by atoms with Crippen LogP contribution in [0.4, 0.5) is 13.2 Å². The molecule has 0 aliphatic rings. The SMILES string of the molecule is Cc1cc(C(F)(F)F)ccc1C(O)Cc1ccccn1. The standard InChI is InChI=1S/C15H14F3NO/c1-10-8-11(15(16,17)18)5-6-13(10)14(20)9-12-4-2-3-7-19-12/h2-8,14,20H,9H2,1H3. The van der Waals surface area contributed by atoms with Crippen LogP contribution >= 0.6 is 0 Å². The molecule has 2 rings (SSSR count). The number of rotatable bonds is 3. The molecule has 1 N–H and O–H groups in total. The maximum Gasteiger partial charge on any atom is 0.416 e. The second-order valence-corrected chi connectivity index (χ2v) is 4.61. The van der Waals surface area contributed by atoms with Crippen LogP contribution < -0.4 is 0 Å². The summed E-state index contributed by atoms with van der Waals surface area (Å²) in [6.45, 7) is 1.56. The van der Waals surface area contributed by atoms with Gasteiger partial charge in [0.2, 0.25) is 0 Å². The van der Waals surface area contributed by atoms with Gasteiger partial charge in [0.25, 0.3) is 0 Å². The number of hydrogen-bond donors (Lipinski definition) is 1. The lowest BCUT2D eigenvalue weighted by Crippen LogP contribution is -2.09. The molecular formula is C15H14F3NO. The lowest BCUT2D eigenvalue weighted by Gasteiger charge is -2.15. The van der Waals surface area contributed by atoms with E-state index in [0.29, 0.717) is 16.8 Å². The molecule has 2 aromatic rings. The van der Waals surface area contributed by atoms with Crippen LogP contribution in [0, 0.1) is 6.92 Å². The third kappa shape index (κ3) is 3.36. The zero-order valence-electron chi connectivity index (χ0n) is 10.9. The van der Waals surface area contributed by atoms with Crippen molar-refractivity contribution in [1.82, 2.24) is 4.98 Å². The fourth-order valence-corrected chi connectivity index (χ4v) is 2.05. The molecule has 0 saturated heterocycles. The number of benzene rings is 1. The molecule has 106 valence electrons. The number of aliphatic hydroxyl groups excluding tert-OH is 1. The molecule has 1 atom stereocenters. The number of aliphatic hydroxyl groups is 1. The van der Waals surface area contributed by atoms with Crippen LogP contribution in [0.1, 0.15) is 28.5 Å². The van der Waals surface area contributed by atoms with Gasteiger partial charge in [-0.3, -0.25) is 4.98 Å². The molecule has 0 amide bonds. The molecule has 0 bridgehead atoms. The number of aryl methyl sites for hydroxylation is 1. The van der Waals surface area contributed by atoms with Gasteiger partial charge in [-0.25, -0.2) is 0 Å². The van der Waals surface area contributed by atoms with Gasteiger partial charge in [-0.1, -0.05) is 12.1 Å². The van der Waals surface area contributed by atoms with E-state index in [1.54, 1.807) is 31.3 Å². The van der Waals surface area contributed by atoms with E-state index in [2.05, 4.69) is 4.98 Å². The first-order valence-corrected chi connectivity index (χ1v) is 6.13. The van der Waals surface area contributed by atoms with Crippen molar-refractivity contribution in [1.29, 1.82) is 0 Å². The van der Waals surface area contributed by atoms with E-state index in [-0.39, 0.29) is 6.42 Å². The molecule has 0 fully saturated rings. The molecule has 1 aromatic carbocycles. The summed E-state index contributed by atoms with van der Waals surface area (Å²) in [5.41, 5.74) is 0.898. The molecule has 1 aromatic heterocycles. The Kier molecular flexibility index (Phi) is 4.09. The molecular weight excluding hydrogens is 267 g/mol. The van der Waals surface area contributed by atoms with Crippen molar-refractivity contribution in [2.24, 2.45) is 0 Å². The third-order valence-corrected chi connectivity index (χ3v) is 3.08. The first-order chi connectivity index (χ1) is 9.38. The highest BCUT2D eigenvalue weighted by atomic mass is 19.4. The monoisotopic (exact) mass is 281 g/mol. The largest absolute Gasteiger partial charge is 0.416 e. The fourth-order valence-electron chi connectivity index (χ4n) is 2.05. The Labute approximate surface area is 114 Å². The Bertz CT molecular complexity index is 581. The number of halogens is 3. The van der Waals surface area contributed by atoms with Gasteiger partial charge < -0.3 is 5.11 Å². The normalized spacial score (nSPS) is 13.2. The van der Waals surface area contributed by atoms with Gasteiger partial charge in [-0.05, 0) is 42.3 Å². The van der Waals surface area contributed by atoms with E-state index >= 15 is 0 Å². The first kappa shape index (κ1) is 14.5. The first-order valence-electron chi connectivity index (χ1n) is 6.13. The van der Waals surface area contributed by atoms with Crippen LogP contribution in [-0.4, -0.2) is 10.1 Å². The number of nitrogens with zero attached hydrogens (tertiary/aromatic N) is 1. The quantitative estimate of drug-likeness (QED) is 0.930. The van der Waals surface area contributed by atoms with Crippen LogP contribution in [-0.2, 0) is 12.6 Å². The summed E-state index contributed by atoms with van der Waals surface area (Å²) in [5.74, 6) is 0. The Balaban J connectivity index is 2.21. The second kappa shape index (κ2) is 5.63. The summed E-state index contributed by atoms with van der Waals surface area (Å²) in [4.78, 5) is 4.09. The Morgan fingerprint density at radius 3 is 2.50 bits per heavy atom. The van der Waals surface area contributed by atoms with Gasteiger partial charge >= 0.3 is 6.18 Å². The van der Waals surface area contributed by atoms with E-state index in [4.69, 9.17) is 0 Å². The van der Waals surface area contributed by atoms with Gasteiger partial charge in [-0.15, -0.1) is 0 Å². The van der Waals surface area contributed by atoms with E-state index in [1.807, 2.05) is 0 Å². The number of alkyl halides is 3. The van der Waals surface area contributed by atoms with E-state index in [9.17, 15) is 18.3 Å². The number of hydrogen-bond acceptors (Lipinski definition) is 2. The van der Waals surface area contributed by atoms with E-state index < -0.39 is 17.8 Å². The van der Waals surface area contributed by atoms with Crippen LogP contribution in [0.15, 0.2) is 42.6 Å². The van der Waals surface area contributed by atoms with Gasteiger partial charge in [-0.2, -0.15) is 13.2 Å². The third-order valence-electron chi connectivity index (χ3n) is 3.08. The van der Waals surface area contributed by atoms with Crippen LogP contribution in [0.5, 0.6) is 0 Å². The van der Waals surface area contributed by atoms with Crippen molar-refractivity contribution in [3.63, 3.8) is 0 Å². The van der Waals surface area contributed by atoms with Crippen LogP contribution in [0.3, 0.4) is 0 Å². The fraction of sp³-hybridized carbons (Fsp3) is 0.267. The minimum absolute atomic E-state index is 0.271. The van der Waals surface area contributed by atoms with Crippen molar-refractivity contribution in [3.05, 3.63) is 65.0 Å². The summed E-state index contributed by atoms with van der Waals surface area (Å²) in [7, 11) is 0. The highest BCUT2D eigenvalue weighted by molar-refractivity contribution is 5.34. The number of pyridine rings is 1. The summed E-state index contributed by atoms with van der Waals surface area (Å²) in [6.07, 6.45) is -3.35. The summed E-state index contributed by atoms with van der Waals surface area (Å²) >= 11 is 0. The minimum Gasteiger partial charge on any atom is -0.388 e. The second-order valence-electron chi connectivity index (χ2n) is 4.61. The van der Waals surface area contributed by atoms with Crippen molar-refractivity contribution in [3.8, 4) is 0 Å². The van der Waals surface area contributed by atoms with Crippen LogP contribution in [0.2, 0.25) is 0 Å². The lowest BCUT2D eigenvalue weighted by atomic mass is 9.97. The summed E-state index contributed by atoms with van der Waals surface area (Å²) < 4.78 is 37.7. The topological polar surface area (TPSA) is 33.1 Å². The minimum atomic E-state index is -4.37. The molecule has 5 heteroatoms. The number of aromatic nitrogens is 1. The molecule has 1 heterocycles. The Morgan fingerprint density at radius 2 is 1.95 bits per heavy atom. The average Bonchev–Trinajstić information content (AvgIpc) is 2.38. The predicted octanol–water partition coefficient (Wildman–Crippen LogP) is 3.68. The summed E-state index contributed by atoms with van der Waals surface area (Å²) in [5, 5.41) is 10.1. The van der Waals surface area contributed by atoms with Gasteiger partial charge in [0, 0.05) is 18.3 Å². The Hall–Kier alpha value is -1.88. The highest BCUT2D eigenvalue weighted by Gasteiger charge is 2.31. The van der Waals surface area contributed by atoms with Gasteiger partial charge in [0.15, 0.2) is 0 Å². The van der Waals surface area contributed by atoms with Gasteiger partial charge in [0.1, 0.15) is 0 Å². The van der Waals surface area contributed by atoms with Crippen molar-refractivity contribution in [2.45, 2.75) is 25.6 Å². The lowest BCUT2D eigenvalue weighted by molar-refractivity contribution is -0.137. The average molecular weight is 281 g/mol. The van der Waals surface area contributed by atoms with E-state index in [0.717, 1.165) is 12.1 Å². The molecule has 0 spiro atoms. The molecule has 0 radical (unpaired) electrons. The summed E-state index contributed by atoms with van der Waals surface area (Å²) in [6, 6.07) is 8.70. The molecule has 0 aliphatic heterocycles. The van der Waals surface area contributed by atoms with Crippen molar-refractivity contribution >= 4 is 0 Å². The molecule has 0 saturated carbocycles. The maximum atomic E-state index is 12.6. The van der Waals surface area contributed by atoms with Gasteiger partial charge in [0.05, 0.1) is 11.7 Å². The molecule has 1 unspecified atom stereocenters. The molecule has 0 aliphatic carbocycles. The van der Waals surface area contributed by atoms with Crippen molar-refractivity contribution in [2.75, 3.05) is 0 Å². The predicted molar refractivity (Wildman–Crippen MR) is 69.1 cm³/mol. The Morgan fingerprint density at radius 1 is 1.20 bits per heavy atom. The molecule has 2 nitrogen and oxygen atoms in total. The van der Waals surface area contributed by atoms with Crippen LogP contribution in [0.25, 0.3) is 0 Å². The zero-order chi connectivity index (χ0) is 14.8.